The second kappa shape index (κ2) is 5.36. The molecule has 0 unspecified atom stereocenters. The van der Waals surface area contributed by atoms with Gasteiger partial charge in [-0.15, -0.1) is 10.2 Å². The zero-order valence-electron chi connectivity index (χ0n) is 12.8. The van der Waals surface area contributed by atoms with E-state index in [0.717, 1.165) is 11.4 Å². The van der Waals surface area contributed by atoms with Gasteiger partial charge < -0.3 is 5.32 Å². The Bertz CT molecular complexity index is 786. The summed E-state index contributed by atoms with van der Waals surface area (Å²) in [6.45, 7) is 6.82. The molecule has 114 valence electrons. The van der Waals surface area contributed by atoms with Gasteiger partial charge in [-0.2, -0.15) is 0 Å². The average Bonchev–Trinajstić information content (AvgIpc) is 2.91. The lowest BCUT2D eigenvalue weighted by Gasteiger charge is -2.15. The highest BCUT2D eigenvalue weighted by atomic mass is 19.1. The molecule has 0 aliphatic rings. The van der Waals surface area contributed by atoms with E-state index in [9.17, 15) is 4.39 Å². The van der Waals surface area contributed by atoms with Crippen molar-refractivity contribution < 1.29 is 4.39 Å². The number of anilines is 1. The molecule has 5 nitrogen and oxygen atoms in total. The zero-order chi connectivity index (χ0) is 15.7. The van der Waals surface area contributed by atoms with Gasteiger partial charge in [-0.3, -0.25) is 4.40 Å². The minimum absolute atomic E-state index is 0.102. The van der Waals surface area contributed by atoms with Crippen molar-refractivity contribution in [3.05, 3.63) is 53.9 Å². The maximum absolute atomic E-state index is 12.9. The van der Waals surface area contributed by atoms with Gasteiger partial charge in [0.1, 0.15) is 11.6 Å². The Morgan fingerprint density at radius 3 is 2.55 bits per heavy atom. The predicted molar refractivity (Wildman–Crippen MR) is 83.2 cm³/mol. The number of nitrogens with zero attached hydrogens (tertiary/aromatic N) is 4. The molecule has 1 N–H and O–H groups in total. The first-order chi connectivity index (χ1) is 10.4. The monoisotopic (exact) mass is 299 g/mol. The number of rotatable bonds is 3. The van der Waals surface area contributed by atoms with Crippen LogP contribution < -0.4 is 5.32 Å². The Morgan fingerprint density at radius 2 is 1.86 bits per heavy atom. The van der Waals surface area contributed by atoms with Crippen LogP contribution in [0.1, 0.15) is 32.2 Å². The van der Waals surface area contributed by atoms with Gasteiger partial charge in [0.05, 0.1) is 0 Å². The molecule has 0 saturated carbocycles. The highest BCUT2D eigenvalue weighted by Crippen LogP contribution is 2.23. The van der Waals surface area contributed by atoms with Crippen molar-refractivity contribution in [3.8, 4) is 0 Å². The van der Waals surface area contributed by atoms with Crippen LogP contribution in [-0.4, -0.2) is 19.6 Å². The van der Waals surface area contributed by atoms with Gasteiger partial charge in [0.15, 0.2) is 5.82 Å². The van der Waals surface area contributed by atoms with Gasteiger partial charge in [-0.1, -0.05) is 32.9 Å². The summed E-state index contributed by atoms with van der Waals surface area (Å²) in [4.78, 5) is 4.33. The molecular formula is C16H18FN5. The minimum atomic E-state index is -0.240. The van der Waals surface area contributed by atoms with E-state index in [1.54, 1.807) is 18.3 Å². The molecule has 2 aromatic heterocycles. The van der Waals surface area contributed by atoms with Crippen molar-refractivity contribution in [1.29, 1.82) is 0 Å². The molecule has 22 heavy (non-hydrogen) atoms. The van der Waals surface area contributed by atoms with Crippen LogP contribution in [-0.2, 0) is 12.0 Å². The first kappa shape index (κ1) is 14.4. The molecule has 0 amide bonds. The van der Waals surface area contributed by atoms with Crippen molar-refractivity contribution in [1.82, 2.24) is 19.6 Å². The zero-order valence-corrected chi connectivity index (χ0v) is 12.8. The van der Waals surface area contributed by atoms with Crippen LogP contribution in [0.4, 0.5) is 10.2 Å². The molecular weight excluding hydrogens is 281 g/mol. The van der Waals surface area contributed by atoms with Gasteiger partial charge in [0, 0.05) is 24.4 Å². The molecule has 3 rings (SSSR count). The molecule has 6 heteroatoms. The van der Waals surface area contributed by atoms with Crippen LogP contribution in [0.15, 0.2) is 36.7 Å². The minimum Gasteiger partial charge on any atom is -0.363 e. The summed E-state index contributed by atoms with van der Waals surface area (Å²) in [5.41, 5.74) is 1.56. The number of hydrogen-bond acceptors (Lipinski definition) is 4. The predicted octanol–water partition coefficient (Wildman–Crippen LogP) is 3.17. The van der Waals surface area contributed by atoms with E-state index < -0.39 is 0 Å². The van der Waals surface area contributed by atoms with Crippen LogP contribution >= 0.6 is 0 Å². The van der Waals surface area contributed by atoms with E-state index >= 15 is 0 Å². The quantitative estimate of drug-likeness (QED) is 0.807. The molecule has 0 radical (unpaired) electrons. The van der Waals surface area contributed by atoms with Gasteiger partial charge >= 0.3 is 0 Å². The van der Waals surface area contributed by atoms with Gasteiger partial charge in [-0.05, 0) is 17.7 Å². The Labute approximate surface area is 128 Å². The normalized spacial score (nSPS) is 11.8. The molecule has 3 aromatic rings. The van der Waals surface area contributed by atoms with Crippen molar-refractivity contribution in [2.45, 2.75) is 32.7 Å². The first-order valence-corrected chi connectivity index (χ1v) is 7.14. The smallest absolute Gasteiger partial charge is 0.203 e. The third-order valence-corrected chi connectivity index (χ3v) is 3.37. The fourth-order valence-corrected chi connectivity index (χ4v) is 2.25. The van der Waals surface area contributed by atoms with Gasteiger partial charge in [-0.25, -0.2) is 9.37 Å². The van der Waals surface area contributed by atoms with E-state index in [1.807, 2.05) is 10.6 Å². The highest BCUT2D eigenvalue weighted by molar-refractivity contribution is 5.62. The van der Waals surface area contributed by atoms with E-state index in [1.165, 1.54) is 12.1 Å². The lowest BCUT2D eigenvalue weighted by atomic mass is 9.96. The average molecular weight is 299 g/mol. The molecule has 0 saturated heterocycles. The summed E-state index contributed by atoms with van der Waals surface area (Å²) < 4.78 is 14.9. The van der Waals surface area contributed by atoms with Crippen LogP contribution in [0.25, 0.3) is 5.65 Å². The Balaban J connectivity index is 1.88. The standard InChI is InChI=1S/C16H18FN5/c1-16(2,3)15-21-20-14-13(18-8-9-22(14)15)19-10-11-4-6-12(17)7-5-11/h4-9H,10H2,1-3H3,(H,18,19). The lowest BCUT2D eigenvalue weighted by molar-refractivity contribution is 0.538. The summed E-state index contributed by atoms with van der Waals surface area (Å²) in [7, 11) is 0. The number of fused-ring (bicyclic) bond motifs is 1. The summed E-state index contributed by atoms with van der Waals surface area (Å²) in [6.07, 6.45) is 3.58. The first-order valence-electron chi connectivity index (χ1n) is 7.14. The van der Waals surface area contributed by atoms with Crippen molar-refractivity contribution >= 4 is 11.5 Å². The summed E-state index contributed by atoms with van der Waals surface area (Å²) in [5, 5.41) is 11.7. The third-order valence-electron chi connectivity index (χ3n) is 3.37. The van der Waals surface area contributed by atoms with Crippen LogP contribution in [0, 0.1) is 5.82 Å². The molecule has 0 fully saturated rings. The van der Waals surface area contributed by atoms with Crippen molar-refractivity contribution in [3.63, 3.8) is 0 Å². The Morgan fingerprint density at radius 1 is 1.14 bits per heavy atom. The van der Waals surface area contributed by atoms with E-state index in [2.05, 4.69) is 41.3 Å². The summed E-state index contributed by atoms with van der Waals surface area (Å²) in [6, 6.07) is 6.37. The SMILES string of the molecule is CC(C)(C)c1nnc2c(NCc3ccc(F)cc3)nccn12. The van der Waals surface area contributed by atoms with Crippen LogP contribution in [0.5, 0.6) is 0 Å². The number of nitrogens with one attached hydrogen (secondary N) is 1. The molecule has 0 bridgehead atoms. The largest absolute Gasteiger partial charge is 0.363 e. The molecule has 2 heterocycles. The van der Waals surface area contributed by atoms with E-state index in [-0.39, 0.29) is 11.2 Å². The molecule has 0 spiro atoms. The number of benzene rings is 1. The number of halogens is 1. The van der Waals surface area contributed by atoms with Crippen molar-refractivity contribution in [2.24, 2.45) is 0 Å². The Hall–Kier alpha value is -2.50. The Kier molecular flexibility index (Phi) is 3.52. The summed E-state index contributed by atoms with van der Waals surface area (Å²) >= 11 is 0. The van der Waals surface area contributed by atoms with Gasteiger partial charge in [0.2, 0.25) is 5.65 Å². The lowest BCUT2D eigenvalue weighted by Crippen LogP contribution is -2.16. The molecule has 0 atom stereocenters. The third kappa shape index (κ3) is 2.77. The van der Waals surface area contributed by atoms with Crippen LogP contribution in [0.2, 0.25) is 0 Å². The highest BCUT2D eigenvalue weighted by Gasteiger charge is 2.21. The second-order valence-electron chi connectivity index (χ2n) is 6.22. The van der Waals surface area contributed by atoms with Crippen molar-refractivity contribution in [2.75, 3.05) is 5.32 Å². The maximum atomic E-state index is 12.9. The topological polar surface area (TPSA) is 55.1 Å². The van der Waals surface area contributed by atoms with Gasteiger partial charge in [0.25, 0.3) is 0 Å². The van der Waals surface area contributed by atoms with E-state index in [0.29, 0.717) is 18.0 Å². The summed E-state index contributed by atoms with van der Waals surface area (Å²) in [5.74, 6) is 1.31. The van der Waals surface area contributed by atoms with E-state index in [4.69, 9.17) is 0 Å². The number of hydrogen-bond donors (Lipinski definition) is 1. The second-order valence-corrected chi connectivity index (χ2v) is 6.22. The molecule has 1 aromatic carbocycles. The maximum Gasteiger partial charge on any atom is 0.203 e. The fourth-order valence-electron chi connectivity index (χ4n) is 2.25. The van der Waals surface area contributed by atoms with Crippen LogP contribution in [0.3, 0.4) is 0 Å². The molecule has 0 aliphatic heterocycles. The fraction of sp³-hybridized carbons (Fsp3) is 0.312. The number of aromatic nitrogens is 4. The molecule has 0 aliphatic carbocycles.